The zero-order valence-corrected chi connectivity index (χ0v) is 12.4. The average Bonchev–Trinajstić information content (AvgIpc) is 2.97. The van der Waals surface area contributed by atoms with Gasteiger partial charge >= 0.3 is 0 Å². The highest BCUT2D eigenvalue weighted by atomic mass is 32.1. The van der Waals surface area contributed by atoms with Gasteiger partial charge in [0.15, 0.2) is 0 Å². The van der Waals surface area contributed by atoms with Gasteiger partial charge in [0.1, 0.15) is 12.1 Å². The quantitative estimate of drug-likeness (QED) is 0.707. The van der Waals surface area contributed by atoms with Crippen LogP contribution in [0.1, 0.15) is 30.0 Å². The lowest BCUT2D eigenvalue weighted by atomic mass is 9.87. The number of thiophene rings is 1. The number of aryl methyl sites for hydroxylation is 1. The molecular weight excluding hydrogens is 280 g/mol. The van der Waals surface area contributed by atoms with E-state index in [1.54, 1.807) is 17.7 Å². The Morgan fingerprint density at radius 1 is 1.24 bits per heavy atom. The number of hydrogen-bond acceptors (Lipinski definition) is 5. The maximum atomic E-state index is 5.90. The summed E-state index contributed by atoms with van der Waals surface area (Å²) in [6.45, 7) is 0. The first-order chi connectivity index (χ1) is 10.3. The van der Waals surface area contributed by atoms with E-state index in [-0.39, 0.29) is 0 Å². The summed E-state index contributed by atoms with van der Waals surface area (Å²) in [5, 5.41) is 5.66. The standard InChI is InChI=1S/C16H16N4S/c17-11-4-5-12-10(8-11)2-1-3-13(12)20-16-15-14(6-7-21-15)18-9-19-16/h4-9,13H,1-3,17H2,(H,18,19,20). The Bertz CT molecular complexity index is 796. The van der Waals surface area contributed by atoms with E-state index in [0.29, 0.717) is 6.04 Å². The van der Waals surface area contributed by atoms with Crippen LogP contribution in [0.25, 0.3) is 10.2 Å². The van der Waals surface area contributed by atoms with Gasteiger partial charge in [-0.2, -0.15) is 0 Å². The van der Waals surface area contributed by atoms with Crippen LogP contribution in [0, 0.1) is 0 Å². The van der Waals surface area contributed by atoms with Gasteiger partial charge in [-0.15, -0.1) is 11.3 Å². The fourth-order valence-corrected chi connectivity index (χ4v) is 3.84. The van der Waals surface area contributed by atoms with E-state index in [4.69, 9.17) is 5.73 Å². The molecule has 1 aromatic carbocycles. The first-order valence-electron chi connectivity index (χ1n) is 7.14. The van der Waals surface area contributed by atoms with Gasteiger partial charge in [0.2, 0.25) is 0 Å². The molecule has 21 heavy (non-hydrogen) atoms. The first-order valence-corrected chi connectivity index (χ1v) is 8.02. The highest BCUT2D eigenvalue weighted by Gasteiger charge is 2.21. The molecule has 1 atom stereocenters. The molecule has 4 nitrogen and oxygen atoms in total. The fourth-order valence-electron chi connectivity index (χ4n) is 3.04. The fraction of sp³-hybridized carbons (Fsp3) is 0.250. The number of nitrogen functional groups attached to an aromatic ring is 1. The van der Waals surface area contributed by atoms with Crippen LogP contribution in [-0.4, -0.2) is 9.97 Å². The molecule has 0 bridgehead atoms. The summed E-state index contributed by atoms with van der Waals surface area (Å²) in [4.78, 5) is 8.72. The van der Waals surface area contributed by atoms with Gasteiger partial charge in [0, 0.05) is 5.69 Å². The van der Waals surface area contributed by atoms with Gasteiger partial charge in [-0.05, 0) is 54.0 Å². The predicted molar refractivity (Wildman–Crippen MR) is 87.6 cm³/mol. The van der Waals surface area contributed by atoms with Gasteiger partial charge in [0.25, 0.3) is 0 Å². The summed E-state index contributed by atoms with van der Waals surface area (Å²) in [7, 11) is 0. The molecule has 3 aromatic rings. The third-order valence-electron chi connectivity index (χ3n) is 4.04. The monoisotopic (exact) mass is 296 g/mol. The molecule has 0 spiro atoms. The number of hydrogen-bond donors (Lipinski definition) is 2. The Morgan fingerprint density at radius 3 is 3.14 bits per heavy atom. The summed E-state index contributed by atoms with van der Waals surface area (Å²) in [6.07, 6.45) is 5.03. The van der Waals surface area contributed by atoms with E-state index in [1.165, 1.54) is 17.5 Å². The van der Waals surface area contributed by atoms with E-state index < -0.39 is 0 Å². The van der Waals surface area contributed by atoms with Crippen molar-refractivity contribution in [2.75, 3.05) is 11.1 Å². The molecule has 0 fully saturated rings. The van der Waals surface area contributed by atoms with E-state index in [9.17, 15) is 0 Å². The zero-order valence-electron chi connectivity index (χ0n) is 11.5. The van der Waals surface area contributed by atoms with Crippen molar-refractivity contribution >= 4 is 33.1 Å². The van der Waals surface area contributed by atoms with Crippen molar-refractivity contribution in [1.82, 2.24) is 9.97 Å². The van der Waals surface area contributed by atoms with E-state index in [2.05, 4.69) is 32.8 Å². The minimum atomic E-state index is 0.301. The summed E-state index contributed by atoms with van der Waals surface area (Å²) in [6, 6.07) is 8.56. The summed E-state index contributed by atoms with van der Waals surface area (Å²) in [5.41, 5.74) is 10.5. The van der Waals surface area contributed by atoms with Crippen LogP contribution in [0.15, 0.2) is 36.0 Å². The molecule has 1 unspecified atom stereocenters. The molecule has 0 amide bonds. The molecule has 0 saturated carbocycles. The van der Waals surface area contributed by atoms with Crippen molar-refractivity contribution in [2.24, 2.45) is 0 Å². The summed E-state index contributed by atoms with van der Waals surface area (Å²) in [5.74, 6) is 0.935. The van der Waals surface area contributed by atoms with Crippen molar-refractivity contribution in [1.29, 1.82) is 0 Å². The lowest BCUT2D eigenvalue weighted by molar-refractivity contribution is 0.599. The molecule has 0 saturated heterocycles. The molecule has 0 aliphatic heterocycles. The van der Waals surface area contributed by atoms with Crippen LogP contribution in [0.5, 0.6) is 0 Å². The molecular formula is C16H16N4S. The van der Waals surface area contributed by atoms with Crippen LogP contribution in [0.3, 0.4) is 0 Å². The molecule has 3 N–H and O–H groups in total. The lowest BCUT2D eigenvalue weighted by Crippen LogP contribution is -2.18. The average molecular weight is 296 g/mol. The van der Waals surface area contributed by atoms with Crippen LogP contribution in [0.2, 0.25) is 0 Å². The van der Waals surface area contributed by atoms with Crippen LogP contribution in [-0.2, 0) is 6.42 Å². The number of nitrogens with two attached hydrogens (primary N) is 1. The Hall–Kier alpha value is -2.14. The van der Waals surface area contributed by atoms with E-state index in [0.717, 1.165) is 34.6 Å². The second-order valence-corrected chi connectivity index (χ2v) is 6.32. The molecule has 106 valence electrons. The molecule has 2 heterocycles. The third kappa shape index (κ3) is 2.23. The van der Waals surface area contributed by atoms with Crippen molar-refractivity contribution in [2.45, 2.75) is 25.3 Å². The Balaban J connectivity index is 1.71. The predicted octanol–water partition coefficient (Wildman–Crippen LogP) is 3.76. The highest BCUT2D eigenvalue weighted by molar-refractivity contribution is 7.17. The van der Waals surface area contributed by atoms with Gasteiger partial charge in [-0.3, -0.25) is 0 Å². The Morgan fingerprint density at radius 2 is 2.19 bits per heavy atom. The molecule has 5 heteroatoms. The second-order valence-electron chi connectivity index (χ2n) is 5.40. The maximum absolute atomic E-state index is 5.90. The number of anilines is 2. The zero-order chi connectivity index (χ0) is 14.2. The van der Waals surface area contributed by atoms with Crippen molar-refractivity contribution in [3.63, 3.8) is 0 Å². The van der Waals surface area contributed by atoms with E-state index >= 15 is 0 Å². The first kappa shape index (κ1) is 12.6. The highest BCUT2D eigenvalue weighted by Crippen LogP contribution is 2.35. The van der Waals surface area contributed by atoms with Crippen molar-refractivity contribution in [3.05, 3.63) is 47.1 Å². The Kier molecular flexibility index (Phi) is 3.00. The molecule has 0 radical (unpaired) electrons. The maximum Gasteiger partial charge on any atom is 0.147 e. The summed E-state index contributed by atoms with van der Waals surface area (Å²) < 4.78 is 1.13. The molecule has 1 aliphatic rings. The number of nitrogens with zero attached hydrogens (tertiary/aromatic N) is 2. The topological polar surface area (TPSA) is 63.8 Å². The smallest absolute Gasteiger partial charge is 0.147 e. The van der Waals surface area contributed by atoms with Crippen LogP contribution < -0.4 is 11.1 Å². The number of nitrogens with one attached hydrogen (secondary N) is 1. The minimum Gasteiger partial charge on any atom is -0.399 e. The van der Waals surface area contributed by atoms with Crippen molar-refractivity contribution < 1.29 is 0 Å². The van der Waals surface area contributed by atoms with Gasteiger partial charge in [0.05, 0.1) is 16.3 Å². The number of aromatic nitrogens is 2. The normalized spacial score (nSPS) is 17.6. The SMILES string of the molecule is Nc1ccc2c(c1)CCCC2Nc1ncnc2ccsc12. The minimum absolute atomic E-state index is 0.301. The Labute approximate surface area is 127 Å². The third-order valence-corrected chi connectivity index (χ3v) is 4.95. The largest absolute Gasteiger partial charge is 0.399 e. The second kappa shape index (κ2) is 5.00. The van der Waals surface area contributed by atoms with E-state index in [1.807, 2.05) is 12.1 Å². The number of fused-ring (bicyclic) bond motifs is 2. The molecule has 1 aliphatic carbocycles. The number of benzene rings is 1. The lowest BCUT2D eigenvalue weighted by Gasteiger charge is -2.27. The van der Waals surface area contributed by atoms with Gasteiger partial charge in [-0.1, -0.05) is 6.07 Å². The summed E-state index contributed by atoms with van der Waals surface area (Å²) >= 11 is 1.68. The van der Waals surface area contributed by atoms with Crippen LogP contribution in [0.4, 0.5) is 11.5 Å². The van der Waals surface area contributed by atoms with Crippen molar-refractivity contribution in [3.8, 4) is 0 Å². The number of rotatable bonds is 2. The van der Waals surface area contributed by atoms with Gasteiger partial charge < -0.3 is 11.1 Å². The molecule has 4 rings (SSSR count). The van der Waals surface area contributed by atoms with Crippen LogP contribution >= 0.6 is 11.3 Å². The molecule has 2 aromatic heterocycles. The van der Waals surface area contributed by atoms with Gasteiger partial charge in [-0.25, -0.2) is 9.97 Å².